The summed E-state index contributed by atoms with van der Waals surface area (Å²) in [5, 5.41) is 23.2. The first-order chi connectivity index (χ1) is 15.3. The van der Waals surface area contributed by atoms with Gasteiger partial charge in [0.1, 0.15) is 0 Å². The van der Waals surface area contributed by atoms with E-state index in [0.29, 0.717) is 12.0 Å². The summed E-state index contributed by atoms with van der Waals surface area (Å²) in [6.45, 7) is 5.65. The molecule has 1 aliphatic heterocycles. The maximum Gasteiger partial charge on any atom is 0.244 e. The summed E-state index contributed by atoms with van der Waals surface area (Å²) in [6, 6.07) is -0.0475. The van der Waals surface area contributed by atoms with Crippen LogP contribution in [0.5, 0.6) is 0 Å². The second-order valence-electron chi connectivity index (χ2n) is 7.90. The van der Waals surface area contributed by atoms with Gasteiger partial charge in [0.25, 0.3) is 0 Å². The van der Waals surface area contributed by atoms with Crippen LogP contribution in [-0.2, 0) is 9.59 Å². The lowest BCUT2D eigenvalue weighted by Crippen LogP contribution is -2.32. The molecular weight excluding hydrogens is 402 g/mol. The average molecular weight is 440 g/mol. The molecule has 1 aliphatic rings. The largest absolute Gasteiger partial charge is 0.390 e. The van der Waals surface area contributed by atoms with Gasteiger partial charge in [-0.05, 0) is 51.2 Å². The molecule has 0 aromatic rings. The van der Waals surface area contributed by atoms with Crippen LogP contribution in [0.1, 0.15) is 52.9 Å². The Balaban J connectivity index is 3.04. The van der Waals surface area contributed by atoms with Crippen LogP contribution in [0, 0.1) is 0 Å². The number of unbranched alkanes of at least 4 members (excludes halogenated alkanes) is 1. The molecule has 0 bridgehead atoms. The van der Waals surface area contributed by atoms with Gasteiger partial charge in [0, 0.05) is 12.1 Å². The highest BCUT2D eigenvalue weighted by molar-refractivity contribution is 6.03. The van der Waals surface area contributed by atoms with Crippen LogP contribution in [-0.4, -0.2) is 40.2 Å². The summed E-state index contributed by atoms with van der Waals surface area (Å²) < 4.78 is 0. The highest BCUT2D eigenvalue weighted by Gasteiger charge is 2.12. The molecule has 3 N–H and O–H groups in total. The van der Waals surface area contributed by atoms with Gasteiger partial charge in [-0.3, -0.25) is 9.59 Å². The molecule has 0 fully saturated rings. The summed E-state index contributed by atoms with van der Waals surface area (Å²) in [6.07, 6.45) is 22.4. The van der Waals surface area contributed by atoms with Gasteiger partial charge in [-0.25, -0.2) is 0 Å². The Kier molecular flexibility index (Phi) is 13.6. The normalized spacial score (nSPS) is 24.3. The molecule has 32 heavy (non-hydrogen) atoms. The molecule has 1 heterocycles. The SMILES string of the molecule is CCCC=CCC1CC=CC=C(C)C(=O)C=CCC(O)C(O)C=C(C)C=CC=CC(=O)N1. The summed E-state index contributed by atoms with van der Waals surface area (Å²) in [5.41, 5.74) is 1.31. The number of carbonyl (C=O) groups is 2. The second kappa shape index (κ2) is 16.0. The van der Waals surface area contributed by atoms with Gasteiger partial charge in [0.2, 0.25) is 5.91 Å². The number of hydrogen-bond donors (Lipinski definition) is 3. The maximum absolute atomic E-state index is 12.3. The van der Waals surface area contributed by atoms with E-state index in [1.165, 1.54) is 18.2 Å². The Labute approximate surface area is 192 Å². The van der Waals surface area contributed by atoms with Gasteiger partial charge in [0.15, 0.2) is 5.78 Å². The van der Waals surface area contributed by atoms with Crippen molar-refractivity contribution >= 4 is 11.7 Å². The average Bonchev–Trinajstić information content (AvgIpc) is 2.75. The molecular formula is C27H37NO4. The molecule has 5 nitrogen and oxygen atoms in total. The molecule has 0 aliphatic carbocycles. The van der Waals surface area contributed by atoms with Crippen molar-refractivity contribution in [3.63, 3.8) is 0 Å². The highest BCUT2D eigenvalue weighted by Crippen LogP contribution is 2.08. The number of ketones is 1. The van der Waals surface area contributed by atoms with E-state index in [1.54, 1.807) is 44.2 Å². The lowest BCUT2D eigenvalue weighted by Gasteiger charge is -2.14. The fourth-order valence-electron chi connectivity index (χ4n) is 2.92. The number of aliphatic hydroxyl groups is 2. The fourth-order valence-corrected chi connectivity index (χ4v) is 2.92. The zero-order valence-corrected chi connectivity index (χ0v) is 19.4. The zero-order chi connectivity index (χ0) is 23.8. The minimum atomic E-state index is -1.06. The lowest BCUT2D eigenvalue weighted by atomic mass is 10.1. The van der Waals surface area contributed by atoms with E-state index in [1.807, 2.05) is 12.2 Å². The zero-order valence-electron chi connectivity index (χ0n) is 19.4. The summed E-state index contributed by atoms with van der Waals surface area (Å²) in [5.74, 6) is -0.339. The minimum absolute atomic E-state index is 0.0475. The molecule has 3 unspecified atom stereocenters. The van der Waals surface area contributed by atoms with E-state index in [-0.39, 0.29) is 24.2 Å². The summed E-state index contributed by atoms with van der Waals surface area (Å²) in [7, 11) is 0. The first-order valence-corrected chi connectivity index (χ1v) is 11.2. The number of allylic oxidation sites excluding steroid dienone is 9. The predicted molar refractivity (Wildman–Crippen MR) is 131 cm³/mol. The van der Waals surface area contributed by atoms with Crippen molar-refractivity contribution in [1.29, 1.82) is 0 Å². The molecule has 0 saturated heterocycles. The third-order valence-electron chi connectivity index (χ3n) is 4.87. The Morgan fingerprint density at radius 1 is 1.00 bits per heavy atom. The van der Waals surface area contributed by atoms with Crippen LogP contribution in [0.3, 0.4) is 0 Å². The number of amides is 1. The van der Waals surface area contributed by atoms with Crippen molar-refractivity contribution in [2.24, 2.45) is 0 Å². The molecule has 0 saturated carbocycles. The maximum atomic E-state index is 12.3. The molecule has 0 aromatic heterocycles. The van der Waals surface area contributed by atoms with Crippen molar-refractivity contribution in [3.05, 3.63) is 84.1 Å². The van der Waals surface area contributed by atoms with Gasteiger partial charge >= 0.3 is 0 Å². The molecule has 1 amide bonds. The van der Waals surface area contributed by atoms with Crippen molar-refractivity contribution in [2.45, 2.75) is 71.1 Å². The van der Waals surface area contributed by atoms with Crippen LogP contribution in [0.25, 0.3) is 0 Å². The first kappa shape index (κ1) is 27.3. The molecule has 0 radical (unpaired) electrons. The van der Waals surface area contributed by atoms with E-state index in [2.05, 4.69) is 24.4 Å². The van der Waals surface area contributed by atoms with Crippen LogP contribution >= 0.6 is 0 Å². The van der Waals surface area contributed by atoms with Crippen molar-refractivity contribution in [2.75, 3.05) is 0 Å². The third-order valence-corrected chi connectivity index (χ3v) is 4.87. The van der Waals surface area contributed by atoms with E-state index >= 15 is 0 Å². The summed E-state index contributed by atoms with van der Waals surface area (Å²) in [4.78, 5) is 24.5. The van der Waals surface area contributed by atoms with E-state index in [4.69, 9.17) is 0 Å². The lowest BCUT2D eigenvalue weighted by molar-refractivity contribution is -0.117. The number of hydrogen-bond acceptors (Lipinski definition) is 4. The first-order valence-electron chi connectivity index (χ1n) is 11.2. The van der Waals surface area contributed by atoms with Crippen LogP contribution in [0.2, 0.25) is 0 Å². The van der Waals surface area contributed by atoms with Gasteiger partial charge in [-0.2, -0.15) is 0 Å². The van der Waals surface area contributed by atoms with Gasteiger partial charge in [-0.15, -0.1) is 0 Å². The molecule has 0 spiro atoms. The monoisotopic (exact) mass is 439 g/mol. The topological polar surface area (TPSA) is 86.6 Å². The van der Waals surface area contributed by atoms with Crippen LogP contribution < -0.4 is 5.32 Å². The third kappa shape index (κ3) is 12.2. The number of rotatable bonds is 4. The molecule has 5 heteroatoms. The van der Waals surface area contributed by atoms with Crippen LogP contribution in [0.4, 0.5) is 0 Å². The second-order valence-corrected chi connectivity index (χ2v) is 7.90. The van der Waals surface area contributed by atoms with Gasteiger partial charge in [-0.1, -0.05) is 79.7 Å². The number of carbonyl (C=O) groups excluding carboxylic acids is 2. The van der Waals surface area contributed by atoms with Crippen molar-refractivity contribution in [1.82, 2.24) is 5.32 Å². The molecule has 3 atom stereocenters. The smallest absolute Gasteiger partial charge is 0.244 e. The Morgan fingerprint density at radius 3 is 2.50 bits per heavy atom. The standard InChI is InChI=1S/C27H37NO4/c1-4-5-6-7-15-23-16-10-9-14-22(3)24(29)17-12-18-25(30)26(31)20-21(2)13-8-11-19-27(32)28-23/h6-14,17,19-20,23,25-26,30-31H,4-5,15-16,18H2,1-3H3,(H,28,32). The predicted octanol–water partition coefficient (Wildman–Crippen LogP) is 4.42. The number of aliphatic hydroxyl groups excluding tert-OH is 2. The minimum Gasteiger partial charge on any atom is -0.390 e. The van der Waals surface area contributed by atoms with Crippen LogP contribution in [0.15, 0.2) is 84.1 Å². The number of nitrogens with one attached hydrogen (secondary N) is 1. The Hall–Kier alpha value is -2.76. The van der Waals surface area contributed by atoms with E-state index in [0.717, 1.165) is 24.8 Å². The Morgan fingerprint density at radius 2 is 1.75 bits per heavy atom. The van der Waals surface area contributed by atoms with Gasteiger partial charge in [0.05, 0.1) is 12.2 Å². The van der Waals surface area contributed by atoms with Gasteiger partial charge < -0.3 is 15.5 Å². The van der Waals surface area contributed by atoms with E-state index in [9.17, 15) is 19.8 Å². The summed E-state index contributed by atoms with van der Waals surface area (Å²) >= 11 is 0. The quantitative estimate of drug-likeness (QED) is 0.566. The highest BCUT2D eigenvalue weighted by atomic mass is 16.3. The molecule has 1 rings (SSSR count). The molecule has 0 aromatic carbocycles. The molecule has 174 valence electrons. The Bertz CT molecular complexity index is 812. The van der Waals surface area contributed by atoms with Crippen molar-refractivity contribution in [3.8, 4) is 0 Å². The van der Waals surface area contributed by atoms with Crippen molar-refractivity contribution < 1.29 is 19.8 Å². The van der Waals surface area contributed by atoms with E-state index < -0.39 is 12.2 Å². The fraction of sp³-hybridized carbons (Fsp3) is 0.407.